The number of alkyl halides is 3. The van der Waals surface area contributed by atoms with Gasteiger partial charge in [-0.3, -0.25) is 24.0 Å². The lowest BCUT2D eigenvalue weighted by molar-refractivity contribution is -0.138. The van der Waals surface area contributed by atoms with Crippen LogP contribution in [0.5, 0.6) is 0 Å². The lowest BCUT2D eigenvalue weighted by atomic mass is 10.0. The highest BCUT2D eigenvalue weighted by Gasteiger charge is 2.40. The molecule has 52 heavy (non-hydrogen) atoms. The van der Waals surface area contributed by atoms with Crippen LogP contribution in [0.2, 0.25) is 0 Å². The Morgan fingerprint density at radius 1 is 1.00 bits per heavy atom. The van der Waals surface area contributed by atoms with Gasteiger partial charge in [0.05, 0.1) is 18.5 Å². The lowest BCUT2D eigenvalue weighted by Crippen LogP contribution is -2.52. The minimum absolute atomic E-state index is 0.0585. The summed E-state index contributed by atoms with van der Waals surface area (Å²) in [6, 6.07) is 15.0. The summed E-state index contributed by atoms with van der Waals surface area (Å²) in [4.78, 5) is 45.9. The Hall–Kier alpha value is -5.78. The zero-order chi connectivity index (χ0) is 37.4. The highest BCUT2D eigenvalue weighted by molar-refractivity contribution is 7.92. The van der Waals surface area contributed by atoms with Crippen LogP contribution < -0.4 is 25.6 Å². The van der Waals surface area contributed by atoms with Crippen molar-refractivity contribution < 1.29 is 40.4 Å². The van der Waals surface area contributed by atoms with Gasteiger partial charge in [-0.2, -0.15) is 18.2 Å². The van der Waals surface area contributed by atoms with Crippen molar-refractivity contribution in [2.75, 3.05) is 33.6 Å². The third-order valence-electron chi connectivity index (χ3n) is 8.68. The van der Waals surface area contributed by atoms with Gasteiger partial charge in [-0.15, -0.1) is 0 Å². The third-order valence-corrected chi connectivity index (χ3v) is 9.88. The molecule has 272 valence electrons. The van der Waals surface area contributed by atoms with E-state index in [4.69, 9.17) is 0 Å². The lowest BCUT2D eigenvalue weighted by Gasteiger charge is -2.29. The number of rotatable bonds is 11. The maximum atomic E-state index is 15.5. The summed E-state index contributed by atoms with van der Waals surface area (Å²) in [5, 5.41) is 10.9. The summed E-state index contributed by atoms with van der Waals surface area (Å²) >= 11 is 0. The van der Waals surface area contributed by atoms with Gasteiger partial charge in [0, 0.05) is 60.8 Å². The van der Waals surface area contributed by atoms with Crippen LogP contribution in [-0.2, 0) is 45.4 Å². The van der Waals surface area contributed by atoms with Gasteiger partial charge in [0.25, 0.3) is 5.91 Å². The molecule has 0 radical (unpaired) electrons. The molecule has 0 spiro atoms. The number of piperidine rings is 1. The van der Waals surface area contributed by atoms with Crippen molar-refractivity contribution in [1.29, 1.82) is 0 Å². The molecule has 3 amide bonds. The summed E-state index contributed by atoms with van der Waals surface area (Å²) in [6.07, 6.45) is -2.81. The van der Waals surface area contributed by atoms with Crippen molar-refractivity contribution in [3.63, 3.8) is 0 Å². The summed E-state index contributed by atoms with van der Waals surface area (Å²) in [5.41, 5.74) is 1.42. The van der Waals surface area contributed by atoms with Crippen LogP contribution in [0.4, 0.5) is 46.4 Å². The second-order valence-electron chi connectivity index (χ2n) is 12.2. The molecule has 2 aliphatic rings. The molecule has 0 bridgehead atoms. The Bertz CT molecular complexity index is 2170. The molecule has 1 unspecified atom stereocenters. The first kappa shape index (κ1) is 36.0. The highest BCUT2D eigenvalue weighted by Crippen LogP contribution is 2.35. The number of anilines is 5. The van der Waals surface area contributed by atoms with Crippen molar-refractivity contribution in [3.05, 3.63) is 100 Å². The first-order chi connectivity index (χ1) is 24.6. The summed E-state index contributed by atoms with van der Waals surface area (Å²) in [6.45, 7) is -0.131. The fraction of sp³-hybridized carbons (Fsp3) is 0.265. The molecule has 13 nitrogen and oxygen atoms in total. The van der Waals surface area contributed by atoms with Crippen molar-refractivity contribution in [1.82, 2.24) is 20.2 Å². The smallest absolute Gasteiger partial charge is 0.381 e. The topological polar surface area (TPSA) is 166 Å². The third kappa shape index (κ3) is 7.75. The number of imide groups is 1. The quantitative estimate of drug-likeness (QED) is 0.125. The Balaban J connectivity index is 1.10. The van der Waals surface area contributed by atoms with Gasteiger partial charge in [-0.25, -0.2) is 17.8 Å². The number of carbonyl (C=O) groups is 3. The first-order valence-electron chi connectivity index (χ1n) is 15.9. The zero-order valence-corrected chi connectivity index (χ0v) is 28.5. The molecular weight excluding hydrogens is 708 g/mol. The number of hydrogen-bond acceptors (Lipinski definition) is 10. The Morgan fingerprint density at radius 3 is 2.42 bits per heavy atom. The molecular formula is C34H32F4N8O5S. The molecule has 3 heterocycles. The van der Waals surface area contributed by atoms with E-state index >= 15 is 4.39 Å². The predicted octanol–water partition coefficient (Wildman–Crippen LogP) is 4.76. The van der Waals surface area contributed by atoms with Crippen molar-refractivity contribution >= 4 is 56.6 Å². The minimum atomic E-state index is -4.76. The standard InChI is InChI=1S/C34H32F4N8O5S/c1-45(52(2,50)51)23-5-3-4-19(14-23)15-40-30-26(34(36,37)38)17-41-33(44-30)42-22-9-7-21(8-10-22)39-16-20-6-11-24-25(29(20)35)18-46(32(24)49)27-12-13-28(47)43-31(27)48/h3-11,14,17,27,39H,12-13,15-16,18H2,1-2H3,(H,43,47,48)(H2,40,41,42,44). The van der Waals surface area contributed by atoms with Crippen molar-refractivity contribution in [3.8, 4) is 0 Å². The largest absolute Gasteiger partial charge is 0.421 e. The molecule has 0 aliphatic carbocycles. The average molecular weight is 741 g/mol. The van der Waals surface area contributed by atoms with E-state index in [0.29, 0.717) is 28.8 Å². The summed E-state index contributed by atoms with van der Waals surface area (Å²) < 4.78 is 81.9. The molecule has 1 fully saturated rings. The van der Waals surface area contributed by atoms with Gasteiger partial charge >= 0.3 is 6.18 Å². The van der Waals surface area contributed by atoms with E-state index in [9.17, 15) is 36.0 Å². The molecule has 4 aromatic rings. The van der Waals surface area contributed by atoms with Gasteiger partial charge < -0.3 is 20.9 Å². The van der Waals surface area contributed by atoms with Gasteiger partial charge in [-0.05, 0) is 54.4 Å². The molecule has 3 aromatic carbocycles. The molecule has 4 N–H and O–H groups in total. The van der Waals surface area contributed by atoms with Crippen LogP contribution in [0.3, 0.4) is 0 Å². The number of aromatic nitrogens is 2. The number of carbonyl (C=O) groups excluding carboxylic acids is 3. The molecule has 2 aliphatic heterocycles. The van der Waals surface area contributed by atoms with Gasteiger partial charge in [0.15, 0.2) is 0 Å². The number of nitrogens with one attached hydrogen (secondary N) is 4. The fourth-order valence-corrected chi connectivity index (χ4v) is 6.31. The second kappa shape index (κ2) is 14.1. The molecule has 6 rings (SSSR count). The van der Waals surface area contributed by atoms with E-state index in [1.54, 1.807) is 42.5 Å². The number of fused-ring (bicyclic) bond motifs is 1. The minimum Gasteiger partial charge on any atom is -0.381 e. The zero-order valence-electron chi connectivity index (χ0n) is 27.7. The van der Waals surface area contributed by atoms with E-state index in [1.807, 2.05) is 0 Å². The van der Waals surface area contributed by atoms with Crippen molar-refractivity contribution in [2.45, 2.75) is 44.7 Å². The first-order valence-corrected chi connectivity index (χ1v) is 17.7. The SMILES string of the molecule is CN(c1cccc(CNc2nc(Nc3ccc(NCc4ccc5c(c4F)CN(C4CCC(=O)NC4=O)C5=O)cc3)ncc2C(F)(F)F)c1)S(C)(=O)=O. The highest BCUT2D eigenvalue weighted by atomic mass is 32.2. The van der Waals surface area contributed by atoms with Crippen LogP contribution in [0.1, 0.15) is 45.5 Å². The molecule has 1 saturated heterocycles. The molecule has 0 saturated carbocycles. The fourth-order valence-electron chi connectivity index (χ4n) is 5.81. The summed E-state index contributed by atoms with van der Waals surface area (Å²) in [5.74, 6) is -2.66. The van der Waals surface area contributed by atoms with Crippen LogP contribution in [0.25, 0.3) is 0 Å². The number of nitrogens with zero attached hydrogens (tertiary/aromatic N) is 4. The van der Waals surface area contributed by atoms with Crippen LogP contribution in [0, 0.1) is 5.82 Å². The van der Waals surface area contributed by atoms with E-state index in [2.05, 4.69) is 31.2 Å². The van der Waals surface area contributed by atoms with Crippen LogP contribution >= 0.6 is 0 Å². The average Bonchev–Trinajstić information content (AvgIpc) is 3.43. The number of benzene rings is 3. The van der Waals surface area contributed by atoms with Gasteiger partial charge in [0.1, 0.15) is 23.2 Å². The van der Waals surface area contributed by atoms with Crippen LogP contribution in [0.15, 0.2) is 66.9 Å². The summed E-state index contributed by atoms with van der Waals surface area (Å²) in [7, 11) is -2.18. The maximum Gasteiger partial charge on any atom is 0.421 e. The monoisotopic (exact) mass is 740 g/mol. The molecule has 1 atom stereocenters. The van der Waals surface area contributed by atoms with Crippen molar-refractivity contribution in [2.24, 2.45) is 0 Å². The maximum absolute atomic E-state index is 15.5. The molecule has 1 aromatic heterocycles. The Morgan fingerprint density at radius 2 is 1.73 bits per heavy atom. The number of sulfonamides is 1. The number of halogens is 4. The Kier molecular flexibility index (Phi) is 9.76. The van der Waals surface area contributed by atoms with Crippen LogP contribution in [-0.4, -0.2) is 60.4 Å². The number of hydrogen-bond donors (Lipinski definition) is 4. The molecule has 18 heteroatoms. The van der Waals surface area contributed by atoms with E-state index < -0.39 is 57.2 Å². The van der Waals surface area contributed by atoms with Gasteiger partial charge in [0.2, 0.25) is 27.8 Å². The van der Waals surface area contributed by atoms with E-state index in [-0.39, 0.29) is 55.1 Å². The Labute approximate surface area is 295 Å². The normalized spacial score (nSPS) is 16.0. The van der Waals surface area contributed by atoms with Gasteiger partial charge in [-0.1, -0.05) is 18.2 Å². The number of amides is 3. The van der Waals surface area contributed by atoms with E-state index in [1.165, 1.54) is 30.1 Å². The van der Waals surface area contributed by atoms with E-state index in [0.717, 1.165) is 10.6 Å². The predicted molar refractivity (Wildman–Crippen MR) is 184 cm³/mol. The second-order valence-corrected chi connectivity index (χ2v) is 14.2.